The number of methoxy groups -OCH3 is 1. The van der Waals surface area contributed by atoms with E-state index >= 15 is 0 Å². The molecule has 0 spiro atoms. The van der Waals surface area contributed by atoms with Crippen molar-refractivity contribution < 1.29 is 4.74 Å². The van der Waals surface area contributed by atoms with Crippen LogP contribution in [0.5, 0.6) is 5.88 Å². The maximum absolute atomic E-state index is 11.2. The third-order valence-corrected chi connectivity index (χ3v) is 3.38. The highest BCUT2D eigenvalue weighted by molar-refractivity contribution is 5.79. The summed E-state index contributed by atoms with van der Waals surface area (Å²) in [6, 6.07) is 7.01. The van der Waals surface area contributed by atoms with Gasteiger partial charge in [-0.25, -0.2) is 9.97 Å². The zero-order valence-corrected chi connectivity index (χ0v) is 12.1. The Morgan fingerprint density at radius 2 is 1.71 bits per heavy atom. The summed E-state index contributed by atoms with van der Waals surface area (Å²) in [4.78, 5) is 20.2. The lowest BCUT2D eigenvalue weighted by Gasteiger charge is -2.12. The fourth-order valence-corrected chi connectivity index (χ4v) is 2.31. The number of benzene rings is 1. The minimum Gasteiger partial charge on any atom is -0.480 e. The predicted molar refractivity (Wildman–Crippen MR) is 81.2 cm³/mol. The Morgan fingerprint density at radius 3 is 2.38 bits per heavy atom. The monoisotopic (exact) mass is 281 g/mol. The number of pyridine rings is 1. The van der Waals surface area contributed by atoms with Gasteiger partial charge in [0.25, 0.3) is 0 Å². The molecule has 0 radical (unpaired) electrons. The van der Waals surface area contributed by atoms with Crippen LogP contribution >= 0.6 is 0 Å². The van der Waals surface area contributed by atoms with E-state index in [1.807, 2.05) is 30.5 Å². The zero-order valence-electron chi connectivity index (χ0n) is 12.1. The highest BCUT2D eigenvalue weighted by atomic mass is 16.5. The van der Waals surface area contributed by atoms with Crippen molar-refractivity contribution in [2.75, 3.05) is 7.11 Å². The van der Waals surface area contributed by atoms with E-state index in [1.54, 1.807) is 19.5 Å². The van der Waals surface area contributed by atoms with Crippen LogP contribution in [0.25, 0.3) is 16.7 Å². The molecule has 0 aliphatic heterocycles. The van der Waals surface area contributed by atoms with Gasteiger partial charge in [0, 0.05) is 24.5 Å². The van der Waals surface area contributed by atoms with E-state index in [-0.39, 0.29) is 5.43 Å². The van der Waals surface area contributed by atoms with Crippen molar-refractivity contribution in [2.45, 2.75) is 13.8 Å². The SMILES string of the molecule is COc1nc2cc(C)c(-n3ccc(=O)cc3)cc2nc1C. The van der Waals surface area contributed by atoms with Crippen LogP contribution < -0.4 is 10.2 Å². The van der Waals surface area contributed by atoms with Gasteiger partial charge in [-0.15, -0.1) is 0 Å². The molecule has 1 aromatic carbocycles. The fourth-order valence-electron chi connectivity index (χ4n) is 2.31. The number of ether oxygens (including phenoxy) is 1. The molecule has 106 valence electrons. The van der Waals surface area contributed by atoms with Gasteiger partial charge in [0.1, 0.15) is 5.69 Å². The molecule has 5 heteroatoms. The molecule has 2 heterocycles. The Labute approximate surface area is 121 Å². The molecule has 0 aliphatic carbocycles. The lowest BCUT2D eigenvalue weighted by atomic mass is 10.1. The van der Waals surface area contributed by atoms with Crippen molar-refractivity contribution in [2.24, 2.45) is 0 Å². The second-order valence-electron chi connectivity index (χ2n) is 4.89. The van der Waals surface area contributed by atoms with Crippen LogP contribution in [0.4, 0.5) is 0 Å². The summed E-state index contributed by atoms with van der Waals surface area (Å²) in [6.45, 7) is 3.87. The number of nitrogens with zero attached hydrogens (tertiary/aromatic N) is 3. The van der Waals surface area contributed by atoms with Crippen molar-refractivity contribution in [1.82, 2.24) is 14.5 Å². The van der Waals surface area contributed by atoms with E-state index in [1.165, 1.54) is 12.1 Å². The average Bonchev–Trinajstić information content (AvgIpc) is 2.47. The fraction of sp³-hybridized carbons (Fsp3) is 0.188. The van der Waals surface area contributed by atoms with Crippen LogP contribution in [0, 0.1) is 13.8 Å². The number of aryl methyl sites for hydroxylation is 2. The molecule has 0 bridgehead atoms. The van der Waals surface area contributed by atoms with Crippen LogP contribution in [0.1, 0.15) is 11.3 Å². The molecule has 0 fully saturated rings. The number of hydrogen-bond acceptors (Lipinski definition) is 4. The van der Waals surface area contributed by atoms with E-state index in [4.69, 9.17) is 4.74 Å². The summed E-state index contributed by atoms with van der Waals surface area (Å²) >= 11 is 0. The predicted octanol–water partition coefficient (Wildman–Crippen LogP) is 2.41. The van der Waals surface area contributed by atoms with Crippen LogP contribution in [0.2, 0.25) is 0 Å². The molecule has 21 heavy (non-hydrogen) atoms. The quantitative estimate of drug-likeness (QED) is 0.724. The number of hydrogen-bond donors (Lipinski definition) is 0. The standard InChI is InChI=1S/C16H15N3O2/c1-10-8-13-14(17-11(2)16(18-13)21-3)9-15(10)19-6-4-12(20)5-7-19/h4-9H,1-3H3. The molecule has 0 saturated carbocycles. The molecule has 3 aromatic rings. The van der Waals surface area contributed by atoms with Crippen molar-refractivity contribution in [3.8, 4) is 11.6 Å². The second kappa shape index (κ2) is 5.01. The highest BCUT2D eigenvalue weighted by Crippen LogP contribution is 2.23. The van der Waals surface area contributed by atoms with Gasteiger partial charge < -0.3 is 9.30 Å². The number of aromatic nitrogens is 3. The van der Waals surface area contributed by atoms with Crippen molar-refractivity contribution in [3.63, 3.8) is 0 Å². The highest BCUT2D eigenvalue weighted by Gasteiger charge is 2.09. The molecule has 0 amide bonds. The van der Waals surface area contributed by atoms with Crippen molar-refractivity contribution in [3.05, 3.63) is 58.1 Å². The van der Waals surface area contributed by atoms with Crippen LogP contribution in [-0.4, -0.2) is 21.6 Å². The van der Waals surface area contributed by atoms with Crippen LogP contribution in [0.3, 0.4) is 0 Å². The molecule has 0 aliphatic rings. The largest absolute Gasteiger partial charge is 0.480 e. The topological polar surface area (TPSA) is 57.0 Å². The summed E-state index contributed by atoms with van der Waals surface area (Å²) in [6.07, 6.45) is 3.50. The number of rotatable bonds is 2. The molecular formula is C16H15N3O2. The van der Waals surface area contributed by atoms with Gasteiger partial charge in [-0.05, 0) is 31.5 Å². The average molecular weight is 281 g/mol. The molecule has 0 saturated heterocycles. The van der Waals surface area contributed by atoms with Crippen molar-refractivity contribution in [1.29, 1.82) is 0 Å². The summed E-state index contributed by atoms with van der Waals surface area (Å²) < 4.78 is 7.11. The summed E-state index contributed by atoms with van der Waals surface area (Å²) in [5, 5.41) is 0. The van der Waals surface area contributed by atoms with Crippen molar-refractivity contribution >= 4 is 11.0 Å². The third-order valence-electron chi connectivity index (χ3n) is 3.38. The first-order chi connectivity index (χ1) is 10.1. The Kier molecular flexibility index (Phi) is 3.17. The lowest BCUT2D eigenvalue weighted by Crippen LogP contribution is -2.04. The van der Waals surface area contributed by atoms with E-state index in [2.05, 4.69) is 9.97 Å². The van der Waals surface area contributed by atoms with E-state index in [0.29, 0.717) is 5.88 Å². The van der Waals surface area contributed by atoms with Gasteiger partial charge in [0.15, 0.2) is 5.43 Å². The number of fused-ring (bicyclic) bond motifs is 1. The Morgan fingerprint density at radius 1 is 1.05 bits per heavy atom. The van der Waals surface area contributed by atoms with Crippen LogP contribution in [0.15, 0.2) is 41.5 Å². The van der Waals surface area contributed by atoms with Gasteiger partial charge >= 0.3 is 0 Å². The van der Waals surface area contributed by atoms with E-state index in [0.717, 1.165) is 28.0 Å². The van der Waals surface area contributed by atoms with Gasteiger partial charge in [-0.1, -0.05) is 0 Å². The van der Waals surface area contributed by atoms with E-state index < -0.39 is 0 Å². The molecule has 5 nitrogen and oxygen atoms in total. The molecule has 2 aromatic heterocycles. The van der Waals surface area contributed by atoms with Gasteiger partial charge in [0.2, 0.25) is 5.88 Å². The normalized spacial score (nSPS) is 10.8. The molecule has 0 atom stereocenters. The summed E-state index contributed by atoms with van der Waals surface area (Å²) in [5.41, 5.74) is 4.35. The molecule has 0 unspecified atom stereocenters. The zero-order chi connectivity index (χ0) is 15.0. The molecular weight excluding hydrogens is 266 g/mol. The summed E-state index contributed by atoms with van der Waals surface area (Å²) in [7, 11) is 1.59. The second-order valence-corrected chi connectivity index (χ2v) is 4.89. The summed E-state index contributed by atoms with van der Waals surface area (Å²) in [5.74, 6) is 0.540. The smallest absolute Gasteiger partial charge is 0.235 e. The Hall–Kier alpha value is -2.69. The van der Waals surface area contributed by atoms with E-state index in [9.17, 15) is 4.79 Å². The first kappa shape index (κ1) is 13.3. The van der Waals surface area contributed by atoms with Gasteiger partial charge in [-0.2, -0.15) is 0 Å². The third kappa shape index (κ3) is 2.38. The Balaban J connectivity index is 2.23. The minimum atomic E-state index is -0.00920. The molecule has 0 N–H and O–H groups in total. The maximum atomic E-state index is 11.2. The Bertz CT molecular complexity index is 864. The minimum absolute atomic E-state index is 0.00920. The van der Waals surface area contributed by atoms with Gasteiger partial charge in [-0.3, -0.25) is 4.79 Å². The first-order valence-corrected chi connectivity index (χ1v) is 6.60. The lowest BCUT2D eigenvalue weighted by molar-refractivity contribution is 0.394. The first-order valence-electron chi connectivity index (χ1n) is 6.60. The maximum Gasteiger partial charge on any atom is 0.235 e. The van der Waals surface area contributed by atoms with Gasteiger partial charge in [0.05, 0.1) is 23.8 Å². The van der Waals surface area contributed by atoms with Crippen LogP contribution in [-0.2, 0) is 0 Å². The molecule has 3 rings (SSSR count).